The number of rotatable bonds is 49. The molecule has 1 unspecified atom stereocenters. The molecular weight excluding hydrogens is 757 g/mol. The van der Waals surface area contributed by atoms with Crippen molar-refractivity contribution < 1.29 is 28.6 Å². The molecule has 0 spiro atoms. The lowest BCUT2D eigenvalue weighted by Crippen LogP contribution is -2.30. The minimum absolute atomic E-state index is 0.0638. The molecule has 2 atom stereocenters. The summed E-state index contributed by atoms with van der Waals surface area (Å²) in [6, 6.07) is 0. The van der Waals surface area contributed by atoms with E-state index in [-0.39, 0.29) is 31.1 Å². The molecular formula is C55H106O6. The van der Waals surface area contributed by atoms with Gasteiger partial charge in [0.15, 0.2) is 6.10 Å². The fraction of sp³-hybridized carbons (Fsp3) is 0.945. The molecule has 0 aliphatic carbocycles. The molecule has 0 heterocycles. The van der Waals surface area contributed by atoms with Crippen LogP contribution in [0.3, 0.4) is 0 Å². The van der Waals surface area contributed by atoms with Crippen molar-refractivity contribution in [1.29, 1.82) is 0 Å². The summed E-state index contributed by atoms with van der Waals surface area (Å²) in [7, 11) is 0. The van der Waals surface area contributed by atoms with Crippen molar-refractivity contribution in [2.24, 2.45) is 11.8 Å². The number of hydrogen-bond acceptors (Lipinski definition) is 6. The van der Waals surface area contributed by atoms with Crippen LogP contribution in [0.15, 0.2) is 0 Å². The van der Waals surface area contributed by atoms with Crippen LogP contribution in [0.5, 0.6) is 0 Å². The highest BCUT2D eigenvalue weighted by atomic mass is 16.6. The maximum Gasteiger partial charge on any atom is 0.306 e. The zero-order chi connectivity index (χ0) is 44.7. The molecule has 61 heavy (non-hydrogen) atoms. The van der Waals surface area contributed by atoms with Gasteiger partial charge in [-0.25, -0.2) is 0 Å². The average molecular weight is 863 g/mol. The molecule has 0 aliphatic rings. The van der Waals surface area contributed by atoms with Crippen LogP contribution in [-0.4, -0.2) is 37.2 Å². The van der Waals surface area contributed by atoms with Crippen LogP contribution in [-0.2, 0) is 28.6 Å². The van der Waals surface area contributed by atoms with Gasteiger partial charge >= 0.3 is 17.9 Å². The van der Waals surface area contributed by atoms with E-state index in [1.165, 1.54) is 193 Å². The van der Waals surface area contributed by atoms with E-state index >= 15 is 0 Å². The lowest BCUT2D eigenvalue weighted by atomic mass is 10.00. The Hall–Kier alpha value is -1.59. The first-order valence-corrected chi connectivity index (χ1v) is 27.3. The van der Waals surface area contributed by atoms with Gasteiger partial charge in [-0.1, -0.05) is 266 Å². The summed E-state index contributed by atoms with van der Waals surface area (Å²) in [6.45, 7) is 11.4. The Kier molecular flexibility index (Phi) is 46.6. The summed E-state index contributed by atoms with van der Waals surface area (Å²) in [5, 5.41) is 0. The second-order valence-corrected chi connectivity index (χ2v) is 19.6. The molecule has 0 bridgehead atoms. The van der Waals surface area contributed by atoms with E-state index in [1.807, 2.05) is 0 Å². The molecule has 6 heteroatoms. The highest BCUT2D eigenvalue weighted by Gasteiger charge is 2.19. The van der Waals surface area contributed by atoms with Crippen LogP contribution < -0.4 is 0 Å². The number of esters is 3. The molecule has 6 nitrogen and oxygen atoms in total. The minimum Gasteiger partial charge on any atom is -0.462 e. The van der Waals surface area contributed by atoms with Gasteiger partial charge in [-0.05, 0) is 31.1 Å². The van der Waals surface area contributed by atoms with Crippen molar-refractivity contribution in [1.82, 2.24) is 0 Å². The van der Waals surface area contributed by atoms with Gasteiger partial charge in [0, 0.05) is 19.3 Å². The van der Waals surface area contributed by atoms with Crippen molar-refractivity contribution >= 4 is 17.9 Å². The Morgan fingerprint density at radius 3 is 0.934 bits per heavy atom. The third kappa shape index (κ3) is 47.7. The predicted molar refractivity (Wildman–Crippen MR) is 261 cm³/mol. The highest BCUT2D eigenvalue weighted by Crippen LogP contribution is 2.18. The molecule has 0 aromatic heterocycles. The second kappa shape index (κ2) is 47.9. The molecule has 0 aromatic carbocycles. The minimum atomic E-state index is -0.762. The van der Waals surface area contributed by atoms with Crippen molar-refractivity contribution in [3.63, 3.8) is 0 Å². The molecule has 0 fully saturated rings. The summed E-state index contributed by atoms with van der Waals surface area (Å²) in [5.74, 6) is 0.816. The van der Waals surface area contributed by atoms with Crippen LogP contribution in [0, 0.1) is 11.8 Å². The van der Waals surface area contributed by atoms with Gasteiger partial charge < -0.3 is 14.2 Å². The quantitative estimate of drug-likeness (QED) is 0.0344. The smallest absolute Gasteiger partial charge is 0.306 e. The number of ether oxygens (including phenoxy) is 3. The van der Waals surface area contributed by atoms with Gasteiger partial charge in [-0.2, -0.15) is 0 Å². The van der Waals surface area contributed by atoms with Gasteiger partial charge in [0.1, 0.15) is 13.2 Å². The van der Waals surface area contributed by atoms with Gasteiger partial charge in [0.05, 0.1) is 0 Å². The van der Waals surface area contributed by atoms with Crippen LogP contribution in [0.25, 0.3) is 0 Å². The molecule has 362 valence electrons. The Bertz CT molecular complexity index is 933. The molecule has 0 rings (SSSR count). The van der Waals surface area contributed by atoms with Crippen LogP contribution in [0.4, 0.5) is 0 Å². The van der Waals surface area contributed by atoms with E-state index < -0.39 is 6.10 Å². The standard InChI is InChI=1S/C55H106O6/c1-6-8-9-10-11-12-13-14-16-21-24-27-30-37-42-47-55(58)61-52(49-60-54(57)46-41-36-32-31-34-39-44-51(5)7-2)48-59-53(56)45-40-35-29-26-23-20-18-15-17-19-22-25-28-33-38-43-50(3)4/h50-52H,6-49H2,1-5H3/t51?,52-/m1/s1. The van der Waals surface area contributed by atoms with Gasteiger partial charge in [-0.15, -0.1) is 0 Å². The van der Waals surface area contributed by atoms with E-state index in [0.717, 1.165) is 69.6 Å². The summed E-state index contributed by atoms with van der Waals surface area (Å²) in [6.07, 6.45) is 49.5. The van der Waals surface area contributed by atoms with Gasteiger partial charge in [0.25, 0.3) is 0 Å². The third-order valence-corrected chi connectivity index (χ3v) is 12.8. The topological polar surface area (TPSA) is 78.9 Å². The van der Waals surface area contributed by atoms with E-state index in [0.29, 0.717) is 19.3 Å². The third-order valence-electron chi connectivity index (χ3n) is 12.8. The van der Waals surface area contributed by atoms with Crippen molar-refractivity contribution in [2.75, 3.05) is 13.2 Å². The number of carbonyl (C=O) groups is 3. The SMILES string of the molecule is CCCCCCCCCCCCCCCCCC(=O)O[C@H](COC(=O)CCCCCCCCCCCCCCCCCC(C)C)COC(=O)CCCCCCCCC(C)CC. The maximum absolute atomic E-state index is 12.8. The van der Waals surface area contributed by atoms with Crippen LogP contribution in [0.1, 0.15) is 304 Å². The lowest BCUT2D eigenvalue weighted by molar-refractivity contribution is -0.167. The summed E-state index contributed by atoms with van der Waals surface area (Å²) >= 11 is 0. The van der Waals surface area contributed by atoms with Gasteiger partial charge in [-0.3, -0.25) is 14.4 Å². The Balaban J connectivity index is 4.26. The number of carbonyl (C=O) groups excluding carboxylic acids is 3. The van der Waals surface area contributed by atoms with Gasteiger partial charge in [0.2, 0.25) is 0 Å². The average Bonchev–Trinajstić information content (AvgIpc) is 3.24. The van der Waals surface area contributed by atoms with Crippen molar-refractivity contribution in [2.45, 2.75) is 310 Å². The van der Waals surface area contributed by atoms with Crippen LogP contribution in [0.2, 0.25) is 0 Å². The fourth-order valence-corrected chi connectivity index (χ4v) is 8.31. The zero-order valence-electron chi connectivity index (χ0n) is 41.8. The number of unbranched alkanes of at least 4 members (excludes halogenated alkanes) is 33. The van der Waals surface area contributed by atoms with E-state index in [9.17, 15) is 14.4 Å². The Labute approximate surface area is 380 Å². The monoisotopic (exact) mass is 863 g/mol. The first kappa shape index (κ1) is 59.4. The highest BCUT2D eigenvalue weighted by molar-refractivity contribution is 5.71. The molecule has 0 amide bonds. The first-order chi connectivity index (χ1) is 29.8. The first-order valence-electron chi connectivity index (χ1n) is 27.3. The summed E-state index contributed by atoms with van der Waals surface area (Å²) in [5.41, 5.74) is 0. The molecule has 0 aromatic rings. The van der Waals surface area contributed by atoms with Crippen molar-refractivity contribution in [3.05, 3.63) is 0 Å². The zero-order valence-corrected chi connectivity index (χ0v) is 41.8. The van der Waals surface area contributed by atoms with E-state index in [4.69, 9.17) is 14.2 Å². The Morgan fingerprint density at radius 2 is 0.623 bits per heavy atom. The van der Waals surface area contributed by atoms with Crippen LogP contribution >= 0.6 is 0 Å². The molecule has 0 radical (unpaired) electrons. The second-order valence-electron chi connectivity index (χ2n) is 19.6. The molecule has 0 aliphatic heterocycles. The lowest BCUT2D eigenvalue weighted by Gasteiger charge is -2.18. The fourth-order valence-electron chi connectivity index (χ4n) is 8.31. The predicted octanol–water partition coefficient (Wildman–Crippen LogP) is 17.7. The molecule has 0 saturated heterocycles. The number of hydrogen-bond donors (Lipinski definition) is 0. The summed E-state index contributed by atoms with van der Waals surface area (Å²) in [4.78, 5) is 38.0. The summed E-state index contributed by atoms with van der Waals surface area (Å²) < 4.78 is 16.8. The molecule has 0 N–H and O–H groups in total. The van der Waals surface area contributed by atoms with E-state index in [2.05, 4.69) is 34.6 Å². The Morgan fingerprint density at radius 1 is 0.344 bits per heavy atom. The largest absolute Gasteiger partial charge is 0.462 e. The molecule has 0 saturated carbocycles. The maximum atomic E-state index is 12.8. The van der Waals surface area contributed by atoms with E-state index in [1.54, 1.807) is 0 Å². The van der Waals surface area contributed by atoms with Crippen molar-refractivity contribution in [3.8, 4) is 0 Å². The normalized spacial score (nSPS) is 12.5.